The van der Waals surface area contributed by atoms with E-state index in [2.05, 4.69) is 5.32 Å². The number of carboxylic acids is 2. The molecule has 7 nitrogen and oxygen atoms in total. The van der Waals surface area contributed by atoms with Crippen LogP contribution in [-0.4, -0.2) is 45.3 Å². The fourth-order valence-corrected chi connectivity index (χ4v) is 3.77. The predicted octanol–water partition coefficient (Wildman–Crippen LogP) is -2.44. The number of hydrogen-bond acceptors (Lipinski definition) is 4. The number of rotatable bonds is 11. The molecule has 0 aromatic rings. The minimum atomic E-state index is -1.07. The summed E-state index contributed by atoms with van der Waals surface area (Å²) >= 11 is -0.0488. The fourth-order valence-electron chi connectivity index (χ4n) is 1.88. The number of aldehydes is 1. The van der Waals surface area contributed by atoms with E-state index >= 15 is 0 Å². The van der Waals surface area contributed by atoms with Crippen molar-refractivity contribution in [2.45, 2.75) is 25.7 Å². The summed E-state index contributed by atoms with van der Waals surface area (Å²) in [6.45, 7) is 0.255. The first kappa shape index (κ1) is 19.3. The fraction of sp³-hybridized carbons (Fsp3) is 0.467. The van der Waals surface area contributed by atoms with Gasteiger partial charge in [0.05, 0.1) is 0 Å². The maximum absolute atomic E-state index is 11.8. The molecule has 0 fully saturated rings. The normalized spacial score (nSPS) is 15.5. The van der Waals surface area contributed by atoms with Gasteiger partial charge in [0, 0.05) is 0 Å². The maximum atomic E-state index is 11.8. The van der Waals surface area contributed by atoms with E-state index in [1.807, 2.05) is 6.08 Å². The van der Waals surface area contributed by atoms with Crippen LogP contribution in [0.25, 0.3) is 0 Å². The Bertz CT molecular complexity index is 540. The van der Waals surface area contributed by atoms with Crippen molar-refractivity contribution in [2.24, 2.45) is 5.92 Å². The molecule has 1 atom stereocenters. The van der Waals surface area contributed by atoms with Gasteiger partial charge in [0.15, 0.2) is 0 Å². The molecule has 0 saturated carbocycles. The number of carbonyl (C=O) groups excluding carboxylic acids is 2. The molecule has 0 bridgehead atoms. The second-order valence-corrected chi connectivity index (χ2v) is 7.84. The number of allylic oxidation sites excluding steroid dienone is 1. The van der Waals surface area contributed by atoms with Crippen molar-refractivity contribution in [3.63, 3.8) is 0 Å². The van der Waals surface area contributed by atoms with Crippen LogP contribution in [0.2, 0.25) is 0 Å². The van der Waals surface area contributed by atoms with E-state index in [4.69, 9.17) is 10.2 Å². The molecule has 1 unspecified atom stereocenters. The Hall–Kier alpha value is -1.71. The van der Waals surface area contributed by atoms with Gasteiger partial charge in [-0.1, -0.05) is 0 Å². The number of aliphatic carboxylic acids is 2. The second kappa shape index (κ2) is 10.1. The Kier molecular flexibility index (Phi) is 8.52. The third kappa shape index (κ3) is 7.91. The minimum absolute atomic E-state index is 0.0259. The van der Waals surface area contributed by atoms with Crippen LogP contribution in [0.15, 0.2) is 21.3 Å². The molecule has 0 radical (unpaired) electrons. The Labute approximate surface area is 144 Å². The average Bonchev–Trinajstić information content (AvgIpc) is 2.43. The quantitative estimate of drug-likeness (QED) is 0.143. The van der Waals surface area contributed by atoms with Gasteiger partial charge >= 0.3 is 144 Å². The second-order valence-electron chi connectivity index (χ2n) is 4.95. The van der Waals surface area contributed by atoms with E-state index in [1.165, 1.54) is 6.08 Å². The van der Waals surface area contributed by atoms with Crippen LogP contribution in [-0.2, 0) is 19.2 Å². The van der Waals surface area contributed by atoms with Gasteiger partial charge < -0.3 is 0 Å². The Morgan fingerprint density at radius 1 is 1.26 bits per heavy atom. The van der Waals surface area contributed by atoms with E-state index in [0.29, 0.717) is 5.57 Å². The van der Waals surface area contributed by atoms with Gasteiger partial charge in [0.25, 0.3) is 0 Å². The van der Waals surface area contributed by atoms with Crippen LogP contribution in [0.4, 0.5) is 0 Å². The number of carboxylic acid groups (broad SMARTS) is 2. The first-order valence-electron chi connectivity index (χ1n) is 7.05. The number of amides is 1. The van der Waals surface area contributed by atoms with Gasteiger partial charge in [-0.2, -0.15) is 0 Å². The molecular weight excluding hydrogens is 417 g/mol. The Morgan fingerprint density at radius 3 is 2.43 bits per heavy atom. The van der Waals surface area contributed by atoms with Crippen molar-refractivity contribution in [1.29, 1.82) is 0 Å². The van der Waals surface area contributed by atoms with E-state index in [9.17, 15) is 19.2 Å². The summed E-state index contributed by atoms with van der Waals surface area (Å²) in [6, 6.07) is 0. The van der Waals surface area contributed by atoms with Crippen molar-refractivity contribution in [3.8, 4) is 0 Å². The number of nitrogens with one attached hydrogen (secondary N) is 1. The zero-order chi connectivity index (χ0) is 17.2. The third-order valence-corrected chi connectivity index (χ3v) is 6.16. The summed E-state index contributed by atoms with van der Waals surface area (Å²) in [5.74, 6) is -2.65. The zero-order valence-electron chi connectivity index (χ0n) is 12.5. The number of alkyl halides is 1. The Morgan fingerprint density at radius 2 is 1.96 bits per heavy atom. The van der Waals surface area contributed by atoms with Crippen LogP contribution >= 0.6 is 0 Å². The van der Waals surface area contributed by atoms with E-state index in [0.717, 1.165) is 14.3 Å². The molecule has 0 saturated heterocycles. The van der Waals surface area contributed by atoms with Crippen molar-refractivity contribution in [2.75, 3.05) is 11.0 Å². The number of carbonyl (C=O) groups is 4. The van der Waals surface area contributed by atoms with Gasteiger partial charge in [0.1, 0.15) is 0 Å². The van der Waals surface area contributed by atoms with Crippen molar-refractivity contribution in [3.05, 3.63) is 21.3 Å². The summed E-state index contributed by atoms with van der Waals surface area (Å²) in [4.78, 5) is 44.0. The van der Waals surface area contributed by atoms with Crippen molar-refractivity contribution >= 4 is 24.1 Å². The zero-order valence-corrected chi connectivity index (χ0v) is 14.6. The summed E-state index contributed by atoms with van der Waals surface area (Å²) < 4.78 is 2.21. The monoisotopic (exact) mass is 436 g/mol. The molecule has 0 aromatic carbocycles. The van der Waals surface area contributed by atoms with Gasteiger partial charge in [-0.3, -0.25) is 0 Å². The predicted molar refractivity (Wildman–Crippen MR) is 77.3 cm³/mol. The van der Waals surface area contributed by atoms with Crippen molar-refractivity contribution < 1.29 is 50.6 Å². The molecule has 128 valence electrons. The van der Waals surface area contributed by atoms with Crippen LogP contribution in [0.3, 0.4) is 0 Å². The molecule has 1 aliphatic rings. The van der Waals surface area contributed by atoms with E-state index < -0.39 is 11.9 Å². The van der Waals surface area contributed by atoms with Crippen LogP contribution in [0, 0.1) is 5.92 Å². The summed E-state index contributed by atoms with van der Waals surface area (Å²) in [7, 11) is 0. The molecular formula is C15H19INO6-. The van der Waals surface area contributed by atoms with E-state index in [1.54, 1.807) is 0 Å². The molecule has 0 spiro atoms. The summed E-state index contributed by atoms with van der Waals surface area (Å²) in [5, 5.41) is 20.1. The third-order valence-electron chi connectivity index (χ3n) is 3.16. The number of halogens is 1. The first-order valence-corrected chi connectivity index (χ1v) is 9.65. The number of hydrogen-bond donors (Lipinski definition) is 3. The van der Waals surface area contributed by atoms with Crippen molar-refractivity contribution in [1.82, 2.24) is 5.32 Å². The van der Waals surface area contributed by atoms with Gasteiger partial charge in [0.2, 0.25) is 0 Å². The molecule has 1 aliphatic heterocycles. The van der Waals surface area contributed by atoms with Gasteiger partial charge in [-0.05, 0) is 0 Å². The molecule has 23 heavy (non-hydrogen) atoms. The summed E-state index contributed by atoms with van der Waals surface area (Å²) in [6.07, 6.45) is 3.93. The van der Waals surface area contributed by atoms with E-state index in [-0.39, 0.29) is 65.3 Å². The summed E-state index contributed by atoms with van der Waals surface area (Å²) in [5.41, 5.74) is 0.412. The molecule has 1 heterocycles. The van der Waals surface area contributed by atoms with Crippen LogP contribution in [0.5, 0.6) is 0 Å². The molecule has 0 aliphatic carbocycles. The topological polar surface area (TPSA) is 121 Å². The van der Waals surface area contributed by atoms with Gasteiger partial charge in [-0.15, -0.1) is 0 Å². The average molecular weight is 436 g/mol. The molecule has 1 amide bonds. The van der Waals surface area contributed by atoms with Crippen LogP contribution < -0.4 is 26.5 Å². The molecule has 0 aromatic heterocycles. The SMILES string of the molecule is O=CC(CNC(=O)C/C=C(/CCC(=O)O)CC(=O)O)C1=CC[I-]1. The first-order chi connectivity index (χ1) is 10.9. The molecule has 3 N–H and O–H groups in total. The molecule has 1 rings (SSSR count). The Balaban J connectivity index is 2.46. The standard InChI is InChI=1S/C15H19INO6/c18-9-11(12-5-6-16-12)8-17-13(19)3-1-10(7-15(22)23)2-4-14(20)21/h1,5,9,11H,2-4,6-8H2,(H,17,19)(H,20,21)(H,22,23)/q-1/b10-1-. The van der Waals surface area contributed by atoms with Crippen LogP contribution in [0.1, 0.15) is 25.7 Å². The van der Waals surface area contributed by atoms with Gasteiger partial charge in [-0.25, -0.2) is 0 Å². The molecule has 8 heteroatoms.